The van der Waals surface area contributed by atoms with Gasteiger partial charge in [-0.05, 0) is 32.4 Å². The molecule has 0 heterocycles. The molecule has 78 valence electrons. The SMILES string of the molecule is C/C=C\c1cc(C)cc(C)c1O.CC. The second kappa shape index (κ2) is 6.25. The molecule has 0 saturated carbocycles. The highest BCUT2D eigenvalue weighted by atomic mass is 16.3. The first kappa shape index (κ1) is 12.8. The van der Waals surface area contributed by atoms with Crippen molar-refractivity contribution in [3.8, 4) is 5.75 Å². The molecule has 0 aliphatic carbocycles. The van der Waals surface area contributed by atoms with E-state index in [0.717, 1.165) is 11.1 Å². The number of aryl methyl sites for hydroxylation is 2. The Balaban J connectivity index is 0.000000791. The van der Waals surface area contributed by atoms with Crippen molar-refractivity contribution in [1.82, 2.24) is 0 Å². The third-order valence-corrected chi connectivity index (χ3v) is 1.82. The highest BCUT2D eigenvalue weighted by Crippen LogP contribution is 2.24. The van der Waals surface area contributed by atoms with Crippen molar-refractivity contribution >= 4 is 6.08 Å². The number of rotatable bonds is 1. The molecule has 14 heavy (non-hydrogen) atoms. The van der Waals surface area contributed by atoms with E-state index in [1.807, 2.05) is 58.9 Å². The van der Waals surface area contributed by atoms with Crippen LogP contribution < -0.4 is 0 Å². The van der Waals surface area contributed by atoms with Gasteiger partial charge in [0.25, 0.3) is 0 Å². The number of allylic oxidation sites excluding steroid dienone is 1. The molecule has 1 aromatic carbocycles. The standard InChI is InChI=1S/C11H14O.C2H6/c1-4-5-10-7-8(2)6-9(3)11(10)12;1-2/h4-7,12H,1-3H3;1-2H3/b5-4-;. The van der Waals surface area contributed by atoms with Gasteiger partial charge in [-0.1, -0.05) is 37.6 Å². The zero-order valence-electron chi connectivity index (χ0n) is 9.76. The van der Waals surface area contributed by atoms with E-state index in [1.165, 1.54) is 5.56 Å². The van der Waals surface area contributed by atoms with E-state index >= 15 is 0 Å². The molecule has 0 saturated heterocycles. The molecule has 0 bridgehead atoms. The van der Waals surface area contributed by atoms with Gasteiger partial charge >= 0.3 is 0 Å². The molecule has 0 fully saturated rings. The molecule has 0 radical (unpaired) electrons. The van der Waals surface area contributed by atoms with Gasteiger partial charge in [-0.15, -0.1) is 0 Å². The molecule has 0 aliphatic heterocycles. The molecular weight excluding hydrogens is 172 g/mol. The van der Waals surface area contributed by atoms with Gasteiger partial charge in [0.15, 0.2) is 0 Å². The Morgan fingerprint density at radius 2 is 1.71 bits per heavy atom. The molecule has 1 N–H and O–H groups in total. The number of hydrogen-bond acceptors (Lipinski definition) is 1. The Hall–Kier alpha value is -1.24. The van der Waals surface area contributed by atoms with Gasteiger partial charge in [0.2, 0.25) is 0 Å². The van der Waals surface area contributed by atoms with Crippen LogP contribution >= 0.6 is 0 Å². The first-order chi connectivity index (χ1) is 6.65. The molecule has 0 aliphatic rings. The average Bonchev–Trinajstić information content (AvgIpc) is 2.17. The van der Waals surface area contributed by atoms with Crippen LogP contribution in [0.2, 0.25) is 0 Å². The van der Waals surface area contributed by atoms with E-state index < -0.39 is 0 Å². The van der Waals surface area contributed by atoms with E-state index in [9.17, 15) is 5.11 Å². The average molecular weight is 192 g/mol. The molecule has 1 rings (SSSR count). The number of benzene rings is 1. The zero-order chi connectivity index (χ0) is 11.1. The van der Waals surface area contributed by atoms with Crippen LogP contribution in [0.3, 0.4) is 0 Å². The summed E-state index contributed by atoms with van der Waals surface area (Å²) in [7, 11) is 0. The number of aromatic hydroxyl groups is 1. The van der Waals surface area contributed by atoms with Crippen molar-refractivity contribution in [3.05, 3.63) is 34.9 Å². The van der Waals surface area contributed by atoms with Gasteiger partial charge in [-0.2, -0.15) is 0 Å². The summed E-state index contributed by atoms with van der Waals surface area (Å²) in [6.07, 6.45) is 3.84. The molecule has 1 aromatic rings. The van der Waals surface area contributed by atoms with Crippen LogP contribution in [0.1, 0.15) is 37.5 Å². The zero-order valence-corrected chi connectivity index (χ0v) is 9.76. The van der Waals surface area contributed by atoms with E-state index in [2.05, 4.69) is 0 Å². The predicted molar refractivity (Wildman–Crippen MR) is 63.6 cm³/mol. The van der Waals surface area contributed by atoms with Crippen LogP contribution in [-0.4, -0.2) is 5.11 Å². The Morgan fingerprint density at radius 1 is 1.14 bits per heavy atom. The molecule has 0 atom stereocenters. The Bertz CT molecular complexity index is 311. The summed E-state index contributed by atoms with van der Waals surface area (Å²) in [5.74, 6) is 0.388. The van der Waals surface area contributed by atoms with Crippen LogP contribution in [0.5, 0.6) is 5.75 Å². The van der Waals surface area contributed by atoms with Crippen LogP contribution in [0.4, 0.5) is 0 Å². The molecule has 0 unspecified atom stereocenters. The topological polar surface area (TPSA) is 20.2 Å². The van der Waals surface area contributed by atoms with E-state index in [1.54, 1.807) is 0 Å². The van der Waals surface area contributed by atoms with Crippen molar-refractivity contribution in [2.75, 3.05) is 0 Å². The lowest BCUT2D eigenvalue weighted by Gasteiger charge is -2.04. The first-order valence-corrected chi connectivity index (χ1v) is 5.08. The number of phenolic OH excluding ortho intramolecular Hbond substituents is 1. The fourth-order valence-corrected chi connectivity index (χ4v) is 1.30. The molecule has 1 heteroatoms. The summed E-state index contributed by atoms with van der Waals surface area (Å²) in [6.45, 7) is 9.88. The Labute approximate surface area is 87.1 Å². The molecule has 0 amide bonds. The maximum atomic E-state index is 9.60. The van der Waals surface area contributed by atoms with Crippen molar-refractivity contribution in [2.45, 2.75) is 34.6 Å². The third-order valence-electron chi connectivity index (χ3n) is 1.82. The lowest BCUT2D eigenvalue weighted by Crippen LogP contribution is -1.82. The van der Waals surface area contributed by atoms with Gasteiger partial charge in [0.1, 0.15) is 5.75 Å². The molecule has 1 nitrogen and oxygen atoms in total. The van der Waals surface area contributed by atoms with Crippen LogP contribution in [0.25, 0.3) is 6.08 Å². The number of hydrogen-bond donors (Lipinski definition) is 1. The van der Waals surface area contributed by atoms with Gasteiger partial charge in [0, 0.05) is 5.56 Å². The maximum Gasteiger partial charge on any atom is 0.125 e. The van der Waals surface area contributed by atoms with Crippen molar-refractivity contribution < 1.29 is 5.11 Å². The highest BCUT2D eigenvalue weighted by Gasteiger charge is 2.01. The molecular formula is C13H20O. The molecule has 0 aromatic heterocycles. The summed E-state index contributed by atoms with van der Waals surface area (Å²) in [5.41, 5.74) is 3.01. The summed E-state index contributed by atoms with van der Waals surface area (Å²) in [5, 5.41) is 9.60. The number of phenols is 1. The summed E-state index contributed by atoms with van der Waals surface area (Å²) >= 11 is 0. The predicted octanol–water partition coefficient (Wildman–Crippen LogP) is 4.07. The van der Waals surface area contributed by atoms with Crippen LogP contribution in [0, 0.1) is 13.8 Å². The second-order valence-corrected chi connectivity index (χ2v) is 3.02. The van der Waals surface area contributed by atoms with Crippen molar-refractivity contribution in [2.24, 2.45) is 0 Å². The lowest BCUT2D eigenvalue weighted by molar-refractivity contribution is 0.469. The van der Waals surface area contributed by atoms with Crippen molar-refractivity contribution in [3.63, 3.8) is 0 Å². The van der Waals surface area contributed by atoms with E-state index in [4.69, 9.17) is 0 Å². The van der Waals surface area contributed by atoms with Gasteiger partial charge in [-0.3, -0.25) is 0 Å². The quantitative estimate of drug-likeness (QED) is 0.711. The Morgan fingerprint density at radius 3 is 2.21 bits per heavy atom. The monoisotopic (exact) mass is 192 g/mol. The fourth-order valence-electron chi connectivity index (χ4n) is 1.30. The smallest absolute Gasteiger partial charge is 0.125 e. The minimum atomic E-state index is 0.388. The van der Waals surface area contributed by atoms with E-state index in [0.29, 0.717) is 5.75 Å². The normalized spacial score (nSPS) is 9.79. The summed E-state index contributed by atoms with van der Waals surface area (Å²) in [4.78, 5) is 0. The minimum absolute atomic E-state index is 0.388. The minimum Gasteiger partial charge on any atom is -0.507 e. The Kier molecular flexibility index (Phi) is 5.70. The van der Waals surface area contributed by atoms with Crippen LogP contribution in [-0.2, 0) is 0 Å². The van der Waals surface area contributed by atoms with Gasteiger partial charge in [-0.25, -0.2) is 0 Å². The van der Waals surface area contributed by atoms with E-state index in [-0.39, 0.29) is 0 Å². The first-order valence-electron chi connectivity index (χ1n) is 5.08. The van der Waals surface area contributed by atoms with Gasteiger partial charge in [0.05, 0.1) is 0 Å². The van der Waals surface area contributed by atoms with Crippen molar-refractivity contribution in [1.29, 1.82) is 0 Å². The largest absolute Gasteiger partial charge is 0.507 e. The fraction of sp³-hybridized carbons (Fsp3) is 0.385. The summed E-state index contributed by atoms with van der Waals surface area (Å²) < 4.78 is 0. The maximum absolute atomic E-state index is 9.60. The van der Waals surface area contributed by atoms with Crippen LogP contribution in [0.15, 0.2) is 18.2 Å². The third kappa shape index (κ3) is 3.25. The lowest BCUT2D eigenvalue weighted by atomic mass is 10.1. The second-order valence-electron chi connectivity index (χ2n) is 3.02. The molecule has 0 spiro atoms. The highest BCUT2D eigenvalue weighted by molar-refractivity contribution is 5.60. The summed E-state index contributed by atoms with van der Waals surface area (Å²) in [6, 6.07) is 3.95. The van der Waals surface area contributed by atoms with Gasteiger partial charge < -0.3 is 5.11 Å².